The topological polar surface area (TPSA) is 127 Å². The quantitative estimate of drug-likeness (QED) is 0.261. The molecule has 0 fully saturated rings. The lowest BCUT2D eigenvalue weighted by Crippen LogP contribution is -2.46. The molecule has 35 heavy (non-hydrogen) atoms. The van der Waals surface area contributed by atoms with Crippen LogP contribution in [0.3, 0.4) is 0 Å². The molecule has 1 atom stereocenters. The molecule has 2 N–H and O–H groups in total. The van der Waals surface area contributed by atoms with E-state index >= 15 is 0 Å². The number of ether oxygens (including phenoxy) is 3. The number of methoxy groups -OCH3 is 1. The second kappa shape index (κ2) is 10.8. The number of amides is 1. The van der Waals surface area contributed by atoms with Gasteiger partial charge in [-0.05, 0) is 47.9 Å². The number of rotatable bonds is 9. The Bertz CT molecular complexity index is 1270. The average Bonchev–Trinajstić information content (AvgIpc) is 2.89. The fourth-order valence-corrected chi connectivity index (χ4v) is 5.33. The van der Waals surface area contributed by atoms with Crippen LogP contribution >= 0.6 is 0 Å². The maximum Gasteiger partial charge on any atom is 0.266 e. The van der Waals surface area contributed by atoms with Crippen LogP contribution in [0.4, 0.5) is 0 Å². The fraction of sp³-hybridized carbons (Fsp3) is 0.250. The van der Waals surface area contributed by atoms with Crippen molar-refractivity contribution < 1.29 is 32.6 Å². The Balaban J connectivity index is 1.51. The van der Waals surface area contributed by atoms with Gasteiger partial charge in [-0.1, -0.05) is 24.3 Å². The van der Waals surface area contributed by atoms with E-state index in [-0.39, 0.29) is 17.3 Å². The lowest BCUT2D eigenvalue weighted by molar-refractivity contribution is -0.133. The first-order valence-electron chi connectivity index (χ1n) is 10.8. The minimum absolute atomic E-state index is 0.0779. The molecule has 0 saturated carbocycles. The predicted octanol–water partition coefficient (Wildman–Crippen LogP) is 2.69. The van der Waals surface area contributed by atoms with Gasteiger partial charge in [-0.15, -0.1) is 0 Å². The summed E-state index contributed by atoms with van der Waals surface area (Å²) in [6.07, 6.45) is 1.62. The summed E-state index contributed by atoms with van der Waals surface area (Å²) in [5.41, 5.74) is 2.96. The number of carbonyl (C=O) groups excluding carboxylic acids is 1. The minimum Gasteiger partial charge on any atom is -0.491 e. The van der Waals surface area contributed by atoms with Gasteiger partial charge in [0.05, 0.1) is 12.8 Å². The first-order valence-corrected chi connectivity index (χ1v) is 12.3. The van der Waals surface area contributed by atoms with Crippen LogP contribution in [0.1, 0.15) is 17.2 Å². The number of nitrogens with zero attached hydrogens (tertiary/aromatic N) is 2. The summed E-state index contributed by atoms with van der Waals surface area (Å²) in [5, 5.41) is 9.25. The average molecular weight is 500 g/mol. The molecule has 1 amide bonds. The molecule has 11 heteroatoms. The molecule has 0 unspecified atom stereocenters. The Hall–Kier alpha value is -3.51. The van der Waals surface area contributed by atoms with Gasteiger partial charge < -0.3 is 14.2 Å². The third kappa shape index (κ3) is 5.43. The van der Waals surface area contributed by atoms with Crippen molar-refractivity contribution in [3.63, 3.8) is 0 Å². The van der Waals surface area contributed by atoms with E-state index in [1.165, 1.54) is 18.3 Å². The van der Waals surface area contributed by atoms with Crippen molar-refractivity contribution in [3.8, 4) is 17.4 Å². The van der Waals surface area contributed by atoms with Gasteiger partial charge in [-0.3, -0.25) is 10.0 Å². The smallest absolute Gasteiger partial charge is 0.266 e. The number of sulfonamides is 1. The molecule has 2 aromatic carbocycles. The highest BCUT2D eigenvalue weighted by Crippen LogP contribution is 2.34. The molecule has 1 aliphatic rings. The Morgan fingerprint density at radius 3 is 2.51 bits per heavy atom. The summed E-state index contributed by atoms with van der Waals surface area (Å²) in [7, 11) is -2.50. The van der Waals surface area contributed by atoms with Crippen LogP contribution in [-0.4, -0.2) is 55.7 Å². The number of aromatic nitrogens is 1. The molecular weight excluding hydrogens is 474 g/mol. The molecule has 0 saturated heterocycles. The molecule has 3 aromatic rings. The van der Waals surface area contributed by atoms with Crippen LogP contribution < -0.4 is 15.0 Å². The highest BCUT2D eigenvalue weighted by Gasteiger charge is 2.40. The van der Waals surface area contributed by atoms with Crippen molar-refractivity contribution >= 4 is 15.9 Å². The Morgan fingerprint density at radius 2 is 1.83 bits per heavy atom. The van der Waals surface area contributed by atoms with Gasteiger partial charge in [0, 0.05) is 19.7 Å². The number of nitrogens with one attached hydrogen (secondary N) is 1. The Kier molecular flexibility index (Phi) is 7.61. The van der Waals surface area contributed by atoms with Gasteiger partial charge in [-0.2, -0.15) is 4.31 Å². The third-order valence-corrected chi connectivity index (χ3v) is 7.36. The Labute approximate surface area is 203 Å². The lowest BCUT2D eigenvalue weighted by atomic mass is 9.94. The monoisotopic (exact) mass is 499 g/mol. The normalized spacial score (nSPS) is 15.8. The zero-order chi connectivity index (χ0) is 24.8. The summed E-state index contributed by atoms with van der Waals surface area (Å²) >= 11 is 0. The van der Waals surface area contributed by atoms with E-state index in [4.69, 9.17) is 14.2 Å². The van der Waals surface area contributed by atoms with E-state index in [0.717, 1.165) is 9.87 Å². The van der Waals surface area contributed by atoms with Gasteiger partial charge >= 0.3 is 0 Å². The van der Waals surface area contributed by atoms with E-state index in [1.807, 2.05) is 12.1 Å². The summed E-state index contributed by atoms with van der Waals surface area (Å²) < 4.78 is 44.0. The molecule has 0 aliphatic carbocycles. The molecular formula is C24H25N3O7S. The van der Waals surface area contributed by atoms with E-state index in [2.05, 4.69) is 4.98 Å². The van der Waals surface area contributed by atoms with Crippen molar-refractivity contribution in [3.05, 3.63) is 78.0 Å². The van der Waals surface area contributed by atoms with Crippen LogP contribution in [0.25, 0.3) is 0 Å². The van der Waals surface area contributed by atoms with Crippen molar-refractivity contribution in [2.45, 2.75) is 17.4 Å². The van der Waals surface area contributed by atoms with Gasteiger partial charge in [0.25, 0.3) is 5.91 Å². The van der Waals surface area contributed by atoms with E-state index in [0.29, 0.717) is 36.7 Å². The predicted molar refractivity (Wildman–Crippen MR) is 125 cm³/mol. The largest absolute Gasteiger partial charge is 0.491 e. The first kappa shape index (κ1) is 24.6. The fourth-order valence-electron chi connectivity index (χ4n) is 3.82. The SMILES string of the molecule is COCCOc1ccc(Oc2ccc(S(=O)(=O)N3CCc4ccccc4[C@@H]3C(=O)NO)cn2)cc1. The molecule has 4 rings (SSSR count). The number of hydrogen-bond donors (Lipinski definition) is 2. The zero-order valence-electron chi connectivity index (χ0n) is 19.0. The van der Waals surface area contributed by atoms with Crippen LogP contribution in [0.5, 0.6) is 17.4 Å². The molecule has 1 aromatic heterocycles. The molecule has 0 spiro atoms. The Morgan fingerprint density at radius 1 is 1.09 bits per heavy atom. The summed E-state index contributed by atoms with van der Waals surface area (Å²) in [6, 6.07) is 15.6. The van der Waals surface area contributed by atoms with Crippen molar-refractivity contribution in [1.82, 2.24) is 14.8 Å². The van der Waals surface area contributed by atoms with E-state index < -0.39 is 22.0 Å². The zero-order valence-corrected chi connectivity index (χ0v) is 19.8. The number of fused-ring (bicyclic) bond motifs is 1. The molecule has 0 radical (unpaired) electrons. The van der Waals surface area contributed by atoms with Gasteiger partial charge in [-0.25, -0.2) is 18.9 Å². The van der Waals surface area contributed by atoms with Crippen LogP contribution in [0.15, 0.2) is 71.8 Å². The van der Waals surface area contributed by atoms with Gasteiger partial charge in [0.15, 0.2) is 0 Å². The summed E-state index contributed by atoms with van der Waals surface area (Å²) in [6.45, 7) is 0.985. The number of hydrogen-bond acceptors (Lipinski definition) is 8. The van der Waals surface area contributed by atoms with Crippen LogP contribution in [0.2, 0.25) is 0 Å². The van der Waals surface area contributed by atoms with Gasteiger partial charge in [0.2, 0.25) is 15.9 Å². The number of pyridine rings is 1. The molecule has 1 aliphatic heterocycles. The highest BCUT2D eigenvalue weighted by atomic mass is 32.2. The van der Waals surface area contributed by atoms with E-state index in [1.54, 1.807) is 49.0 Å². The van der Waals surface area contributed by atoms with Crippen molar-refractivity contribution in [2.75, 3.05) is 26.9 Å². The second-order valence-electron chi connectivity index (χ2n) is 7.69. The number of carbonyl (C=O) groups is 1. The van der Waals surface area contributed by atoms with E-state index in [9.17, 15) is 18.4 Å². The van der Waals surface area contributed by atoms with Crippen LogP contribution in [-0.2, 0) is 26.0 Å². The molecule has 10 nitrogen and oxygen atoms in total. The van der Waals surface area contributed by atoms with Crippen molar-refractivity contribution in [1.29, 1.82) is 0 Å². The number of benzene rings is 2. The standard InChI is InChI=1S/C24H25N3O7S/c1-32-14-15-33-18-6-8-19(9-7-18)34-22-11-10-20(16-25-22)35(30,31)27-13-12-17-4-2-3-5-21(17)23(27)24(28)26-29/h2-11,16,23,29H,12-15H2,1H3,(H,26,28)/t23-/m1/s1. The molecule has 2 heterocycles. The third-order valence-electron chi connectivity index (χ3n) is 5.52. The second-order valence-corrected chi connectivity index (χ2v) is 9.58. The maximum absolute atomic E-state index is 13.4. The molecule has 184 valence electrons. The highest BCUT2D eigenvalue weighted by molar-refractivity contribution is 7.89. The number of hydroxylamine groups is 1. The summed E-state index contributed by atoms with van der Waals surface area (Å²) in [4.78, 5) is 16.5. The minimum atomic E-state index is -4.10. The first-order chi connectivity index (χ1) is 16.9. The summed E-state index contributed by atoms with van der Waals surface area (Å²) in [5.74, 6) is 0.529. The lowest BCUT2D eigenvalue weighted by Gasteiger charge is -2.34. The molecule has 0 bridgehead atoms. The van der Waals surface area contributed by atoms with Gasteiger partial charge in [0.1, 0.15) is 29.0 Å². The van der Waals surface area contributed by atoms with Crippen LogP contribution in [0, 0.1) is 0 Å². The van der Waals surface area contributed by atoms with Crippen molar-refractivity contribution in [2.24, 2.45) is 0 Å². The maximum atomic E-state index is 13.4.